The van der Waals surface area contributed by atoms with Gasteiger partial charge in [0, 0.05) is 50.1 Å². The van der Waals surface area contributed by atoms with Crippen molar-refractivity contribution in [3.05, 3.63) is 29.7 Å². The highest BCUT2D eigenvalue weighted by atomic mass is 35.5. The van der Waals surface area contributed by atoms with Crippen molar-refractivity contribution < 1.29 is 18.3 Å². The number of methoxy groups -OCH3 is 1. The maximum absolute atomic E-state index is 9.67. The molecule has 0 unspecified atom stereocenters. The molecule has 2 aromatic heterocycles. The van der Waals surface area contributed by atoms with E-state index in [-0.39, 0.29) is 25.3 Å². The van der Waals surface area contributed by atoms with Gasteiger partial charge in [-0.3, -0.25) is 4.98 Å². The fraction of sp³-hybridized carbons (Fsp3) is 0.615. The van der Waals surface area contributed by atoms with E-state index in [4.69, 9.17) is 29.9 Å². The summed E-state index contributed by atoms with van der Waals surface area (Å²) < 4.78 is 37.7. The van der Waals surface area contributed by atoms with E-state index in [2.05, 4.69) is 31.7 Å². The molecule has 36 heavy (non-hydrogen) atoms. The van der Waals surface area contributed by atoms with Crippen LogP contribution in [0, 0.1) is 16.7 Å². The molecule has 1 saturated heterocycles. The Hall–Kier alpha value is -2.51. The summed E-state index contributed by atoms with van der Waals surface area (Å²) in [6.07, 6.45) is 9.80. The lowest BCUT2D eigenvalue weighted by molar-refractivity contribution is 0.0182. The highest BCUT2D eigenvalue weighted by Gasteiger charge is 2.34. The van der Waals surface area contributed by atoms with Crippen LogP contribution in [0.1, 0.15) is 49.6 Å². The van der Waals surface area contributed by atoms with Crippen molar-refractivity contribution in [2.45, 2.75) is 63.6 Å². The van der Waals surface area contributed by atoms with Gasteiger partial charge in [-0.15, -0.1) is 0 Å². The summed E-state index contributed by atoms with van der Waals surface area (Å²) in [4.78, 5) is 13.3. The number of ether oxygens (including phenoxy) is 3. The molecule has 0 radical (unpaired) electrons. The molecule has 1 saturated carbocycles. The van der Waals surface area contributed by atoms with Crippen LogP contribution in [0.25, 0.3) is 11.3 Å². The summed E-state index contributed by atoms with van der Waals surface area (Å²) in [6.45, 7) is 3.40. The Morgan fingerprint density at radius 2 is 2.03 bits per heavy atom. The van der Waals surface area contributed by atoms with Crippen LogP contribution in [0.3, 0.4) is 0 Å². The van der Waals surface area contributed by atoms with E-state index in [1.54, 1.807) is 12.4 Å². The van der Waals surface area contributed by atoms with Crippen molar-refractivity contribution in [2.75, 3.05) is 38.8 Å². The van der Waals surface area contributed by atoms with Crippen LogP contribution >= 0.6 is 11.6 Å². The predicted octanol–water partition coefficient (Wildman–Crippen LogP) is 4.24. The standard InChI is InChI=1S/C26H35ClN6O3/c1-18(15-34-2)31-19-3-5-20(6-4-19)32-24-11-21(22(27)12-30-24)23-13-29-14-25(33-23)36-17-26(16-28)7-9-35-10-8-26/h11-14,18-20,31H,3-10,15,17H2,1-2H3,(H,30,32)/t18-,19-,20-/m0/s1/i2D3. The van der Waals surface area contributed by atoms with Gasteiger partial charge in [0.2, 0.25) is 5.88 Å². The summed E-state index contributed by atoms with van der Waals surface area (Å²) in [7, 11) is -2.37. The molecule has 3 heterocycles. The summed E-state index contributed by atoms with van der Waals surface area (Å²) >= 11 is 6.48. The van der Waals surface area contributed by atoms with Gasteiger partial charge in [0.1, 0.15) is 12.4 Å². The lowest BCUT2D eigenvalue weighted by Crippen LogP contribution is -2.42. The lowest BCUT2D eigenvalue weighted by atomic mass is 9.83. The number of rotatable bonds is 10. The zero-order chi connectivity index (χ0) is 27.9. The first-order chi connectivity index (χ1) is 18.6. The number of anilines is 1. The smallest absolute Gasteiger partial charge is 0.232 e. The van der Waals surface area contributed by atoms with Gasteiger partial charge in [0.15, 0.2) is 0 Å². The zero-order valence-corrected chi connectivity index (χ0v) is 21.3. The average Bonchev–Trinajstić information content (AvgIpc) is 2.93. The molecular weight excluding hydrogens is 480 g/mol. The monoisotopic (exact) mass is 517 g/mol. The Morgan fingerprint density at radius 3 is 2.78 bits per heavy atom. The minimum absolute atomic E-state index is 0.0385. The van der Waals surface area contributed by atoms with Gasteiger partial charge in [0.25, 0.3) is 0 Å². The van der Waals surface area contributed by atoms with E-state index in [9.17, 15) is 5.26 Å². The van der Waals surface area contributed by atoms with Gasteiger partial charge in [0.05, 0.1) is 45.3 Å². The normalized spacial score (nSPS) is 24.0. The number of hydrogen-bond donors (Lipinski definition) is 2. The van der Waals surface area contributed by atoms with Crippen molar-refractivity contribution in [3.8, 4) is 23.2 Å². The van der Waals surface area contributed by atoms with Gasteiger partial charge in [-0.25, -0.2) is 9.97 Å². The molecule has 1 atom stereocenters. The van der Waals surface area contributed by atoms with E-state index >= 15 is 0 Å². The molecule has 4 rings (SSSR count). The summed E-state index contributed by atoms with van der Waals surface area (Å²) in [5, 5.41) is 17.1. The van der Waals surface area contributed by atoms with Crippen molar-refractivity contribution in [2.24, 2.45) is 5.41 Å². The highest BCUT2D eigenvalue weighted by Crippen LogP contribution is 2.32. The third-order valence-electron chi connectivity index (χ3n) is 6.86. The van der Waals surface area contributed by atoms with E-state index < -0.39 is 12.5 Å². The molecule has 2 N–H and O–H groups in total. The van der Waals surface area contributed by atoms with Crippen LogP contribution in [0.2, 0.25) is 5.02 Å². The van der Waals surface area contributed by atoms with Gasteiger partial charge in [-0.2, -0.15) is 5.26 Å². The molecule has 2 aliphatic rings. The van der Waals surface area contributed by atoms with E-state index in [1.165, 1.54) is 6.20 Å². The Morgan fingerprint density at radius 1 is 1.25 bits per heavy atom. The third-order valence-corrected chi connectivity index (χ3v) is 7.16. The van der Waals surface area contributed by atoms with E-state index in [0.29, 0.717) is 60.1 Å². The molecule has 0 spiro atoms. The lowest BCUT2D eigenvalue weighted by Gasteiger charge is -2.32. The number of halogens is 1. The van der Waals surface area contributed by atoms with Crippen molar-refractivity contribution >= 4 is 17.4 Å². The molecule has 9 nitrogen and oxygen atoms in total. The summed E-state index contributed by atoms with van der Waals surface area (Å²) in [5.41, 5.74) is 0.660. The van der Waals surface area contributed by atoms with Crippen LogP contribution < -0.4 is 15.4 Å². The quantitative estimate of drug-likeness (QED) is 0.477. The van der Waals surface area contributed by atoms with Crippen molar-refractivity contribution in [3.63, 3.8) is 0 Å². The van der Waals surface area contributed by atoms with Crippen LogP contribution in [0.15, 0.2) is 24.7 Å². The zero-order valence-electron chi connectivity index (χ0n) is 23.5. The van der Waals surface area contributed by atoms with Gasteiger partial charge in [-0.05, 0) is 51.5 Å². The van der Waals surface area contributed by atoms with Crippen LogP contribution in [0.4, 0.5) is 5.82 Å². The van der Waals surface area contributed by atoms with Gasteiger partial charge in [-0.1, -0.05) is 11.6 Å². The number of nitriles is 1. The van der Waals surface area contributed by atoms with Crippen LogP contribution in [-0.4, -0.2) is 66.5 Å². The second-order valence-electron chi connectivity index (χ2n) is 9.66. The number of nitrogens with one attached hydrogen (secondary N) is 2. The summed E-state index contributed by atoms with van der Waals surface area (Å²) in [6, 6.07) is 4.78. The highest BCUT2D eigenvalue weighted by molar-refractivity contribution is 6.33. The molecule has 0 amide bonds. The predicted molar refractivity (Wildman–Crippen MR) is 138 cm³/mol. The maximum Gasteiger partial charge on any atom is 0.232 e. The van der Waals surface area contributed by atoms with E-state index in [1.807, 2.05) is 13.0 Å². The number of pyridine rings is 1. The summed E-state index contributed by atoms with van der Waals surface area (Å²) in [5.74, 6) is 1.03. The molecular formula is C26H35ClN6O3. The Labute approximate surface area is 222 Å². The number of nitrogens with zero attached hydrogens (tertiary/aromatic N) is 4. The molecule has 1 aliphatic heterocycles. The van der Waals surface area contributed by atoms with E-state index in [0.717, 1.165) is 25.7 Å². The molecule has 10 heteroatoms. The van der Waals surface area contributed by atoms with Crippen LogP contribution in [-0.2, 0) is 9.47 Å². The van der Waals surface area contributed by atoms with Crippen molar-refractivity contribution in [1.29, 1.82) is 5.26 Å². The van der Waals surface area contributed by atoms with Gasteiger partial charge >= 0.3 is 0 Å². The van der Waals surface area contributed by atoms with Crippen LogP contribution in [0.5, 0.6) is 5.88 Å². The minimum atomic E-state index is -2.37. The third kappa shape index (κ3) is 7.04. The topological polar surface area (TPSA) is 114 Å². The maximum atomic E-state index is 9.67. The average molecular weight is 518 g/mol. The Bertz CT molecular complexity index is 1130. The minimum Gasteiger partial charge on any atom is -0.475 e. The molecule has 0 bridgehead atoms. The fourth-order valence-electron chi connectivity index (χ4n) is 4.71. The number of aromatic nitrogens is 3. The molecule has 1 aliphatic carbocycles. The molecule has 0 aromatic carbocycles. The first-order valence-electron chi connectivity index (χ1n) is 13.9. The molecule has 2 fully saturated rings. The fourth-order valence-corrected chi connectivity index (χ4v) is 4.91. The largest absolute Gasteiger partial charge is 0.475 e. The van der Waals surface area contributed by atoms with Crippen molar-refractivity contribution in [1.82, 2.24) is 20.3 Å². The second-order valence-corrected chi connectivity index (χ2v) is 10.1. The Balaban J connectivity index is 1.32. The molecule has 2 aromatic rings. The second kappa shape index (κ2) is 12.6. The molecule has 194 valence electrons. The number of hydrogen-bond acceptors (Lipinski definition) is 9. The first-order valence-corrected chi connectivity index (χ1v) is 12.8. The SMILES string of the molecule is [2H]C([2H])([2H])OC[C@H](C)N[C@H]1CC[C@H](Nc2cc(-c3cncc(OCC4(C#N)CCOCC4)n3)c(Cl)cn2)CC1. The Kier molecular flexibility index (Phi) is 7.96. The van der Waals surface area contributed by atoms with Gasteiger partial charge < -0.3 is 24.8 Å². The first kappa shape index (κ1) is 22.7.